The van der Waals surface area contributed by atoms with Gasteiger partial charge in [0.1, 0.15) is 12.2 Å². The van der Waals surface area contributed by atoms with Crippen LogP contribution in [0, 0.1) is 0 Å². The highest BCUT2D eigenvalue weighted by Gasteiger charge is 2.25. The van der Waals surface area contributed by atoms with E-state index >= 15 is 0 Å². The molecule has 0 heterocycles. The summed E-state index contributed by atoms with van der Waals surface area (Å²) in [5, 5.41) is 12.1. The molecule has 0 aromatic heterocycles. The number of aliphatic carboxylic acids is 1. The highest BCUT2D eigenvalue weighted by molar-refractivity contribution is 6.63. The summed E-state index contributed by atoms with van der Waals surface area (Å²) in [6, 6.07) is 0. The third kappa shape index (κ3) is 5.07. The molecule has 0 unspecified atom stereocenters. The Morgan fingerprint density at radius 1 is 1.05 bits per heavy atom. The van der Waals surface area contributed by atoms with Gasteiger partial charge in [-0.2, -0.15) is 0 Å². The molecule has 0 spiro atoms. The molecule has 1 rings (SSSR count). The molecular formula is C12H17NO6. The van der Waals surface area contributed by atoms with Crippen molar-refractivity contribution >= 4 is 23.4 Å². The molecule has 0 atom stereocenters. The largest absolute Gasteiger partial charge is 0.476 e. The van der Waals surface area contributed by atoms with Crippen molar-refractivity contribution in [1.29, 1.82) is 0 Å². The Labute approximate surface area is 110 Å². The van der Waals surface area contributed by atoms with Gasteiger partial charge in [-0.05, 0) is 25.7 Å². The fourth-order valence-corrected chi connectivity index (χ4v) is 1.87. The van der Waals surface area contributed by atoms with E-state index in [4.69, 9.17) is 14.7 Å². The quantitative estimate of drug-likeness (QED) is 0.345. The second-order valence-electron chi connectivity index (χ2n) is 4.41. The molecule has 7 nitrogen and oxygen atoms in total. The van der Waals surface area contributed by atoms with E-state index in [-0.39, 0.29) is 18.2 Å². The molecule has 1 aliphatic carbocycles. The smallest absolute Gasteiger partial charge is 0.361 e. The fraction of sp³-hybridized carbons (Fsp3) is 0.667. The number of carboxylic acids is 1. The van der Waals surface area contributed by atoms with Crippen LogP contribution in [-0.2, 0) is 24.0 Å². The highest BCUT2D eigenvalue weighted by atomic mass is 16.6. The van der Waals surface area contributed by atoms with Crippen molar-refractivity contribution in [2.75, 3.05) is 0 Å². The van der Waals surface area contributed by atoms with Crippen LogP contribution in [0.1, 0.15) is 39.5 Å². The van der Waals surface area contributed by atoms with Gasteiger partial charge in [0, 0.05) is 13.8 Å². The SMILES string of the molecule is CC(=O)OC1CCC(ON=C(C(C)=O)C(=O)O)CC1. The Morgan fingerprint density at radius 2 is 1.58 bits per heavy atom. The lowest BCUT2D eigenvalue weighted by Gasteiger charge is -2.26. The molecule has 7 heteroatoms. The summed E-state index contributed by atoms with van der Waals surface area (Å²) < 4.78 is 5.06. The Hall–Kier alpha value is -1.92. The van der Waals surface area contributed by atoms with Crippen molar-refractivity contribution in [1.82, 2.24) is 0 Å². The van der Waals surface area contributed by atoms with Gasteiger partial charge < -0.3 is 14.7 Å². The molecule has 19 heavy (non-hydrogen) atoms. The molecule has 0 aromatic carbocycles. The van der Waals surface area contributed by atoms with Gasteiger partial charge in [-0.25, -0.2) is 4.79 Å². The van der Waals surface area contributed by atoms with Gasteiger partial charge in [-0.1, -0.05) is 5.16 Å². The monoisotopic (exact) mass is 271 g/mol. The first-order chi connectivity index (χ1) is 8.90. The van der Waals surface area contributed by atoms with Crippen molar-refractivity contribution in [3.63, 3.8) is 0 Å². The summed E-state index contributed by atoms with van der Waals surface area (Å²) in [7, 11) is 0. The number of carbonyl (C=O) groups is 3. The summed E-state index contributed by atoms with van der Waals surface area (Å²) in [5.74, 6) is -2.37. The van der Waals surface area contributed by atoms with Crippen LogP contribution in [0.2, 0.25) is 0 Å². The van der Waals surface area contributed by atoms with E-state index in [1.54, 1.807) is 0 Å². The minimum atomic E-state index is -1.40. The topological polar surface area (TPSA) is 102 Å². The number of nitrogens with zero attached hydrogens (tertiary/aromatic N) is 1. The standard InChI is InChI=1S/C12H17NO6/c1-7(14)11(12(16)17)13-19-10-5-3-9(4-6-10)18-8(2)15/h9-10H,3-6H2,1-2H3,(H,16,17). The van der Waals surface area contributed by atoms with Crippen LogP contribution in [0.25, 0.3) is 0 Å². The van der Waals surface area contributed by atoms with Crippen molar-refractivity contribution in [2.24, 2.45) is 5.16 Å². The van der Waals surface area contributed by atoms with Crippen LogP contribution in [0.4, 0.5) is 0 Å². The zero-order chi connectivity index (χ0) is 14.4. The lowest BCUT2D eigenvalue weighted by Crippen LogP contribution is -2.28. The molecule has 1 fully saturated rings. The van der Waals surface area contributed by atoms with Crippen molar-refractivity contribution in [3.8, 4) is 0 Å². The summed E-state index contributed by atoms with van der Waals surface area (Å²) in [5.41, 5.74) is -0.609. The number of hydrogen-bond donors (Lipinski definition) is 1. The molecule has 1 N–H and O–H groups in total. The molecule has 0 radical (unpaired) electrons. The van der Waals surface area contributed by atoms with Crippen molar-refractivity contribution < 1.29 is 29.1 Å². The maximum Gasteiger partial charge on any atom is 0.361 e. The Morgan fingerprint density at radius 3 is 2.00 bits per heavy atom. The first kappa shape index (κ1) is 15.1. The van der Waals surface area contributed by atoms with E-state index in [2.05, 4.69) is 5.16 Å². The van der Waals surface area contributed by atoms with Gasteiger partial charge in [0.05, 0.1) is 0 Å². The third-order valence-corrected chi connectivity index (χ3v) is 2.78. The van der Waals surface area contributed by atoms with Crippen LogP contribution < -0.4 is 0 Å². The third-order valence-electron chi connectivity index (χ3n) is 2.78. The first-order valence-electron chi connectivity index (χ1n) is 6.05. The number of carboxylic acid groups (broad SMARTS) is 1. The number of oxime groups is 1. The summed E-state index contributed by atoms with van der Waals surface area (Å²) in [4.78, 5) is 37.5. The Balaban J connectivity index is 2.44. The molecule has 106 valence electrons. The van der Waals surface area contributed by atoms with Crippen LogP contribution in [0.5, 0.6) is 0 Å². The van der Waals surface area contributed by atoms with Gasteiger partial charge in [-0.3, -0.25) is 9.59 Å². The maximum atomic E-state index is 11.0. The second-order valence-corrected chi connectivity index (χ2v) is 4.41. The minimum absolute atomic E-state index is 0.118. The number of ketones is 1. The molecule has 1 aliphatic rings. The summed E-state index contributed by atoms with van der Waals surface area (Å²) >= 11 is 0. The number of esters is 1. The average Bonchev–Trinajstić information content (AvgIpc) is 2.29. The van der Waals surface area contributed by atoms with E-state index < -0.39 is 17.5 Å². The molecule has 0 bridgehead atoms. The number of rotatable bonds is 5. The minimum Gasteiger partial charge on any atom is -0.476 e. The van der Waals surface area contributed by atoms with Gasteiger partial charge in [0.25, 0.3) is 0 Å². The lowest BCUT2D eigenvalue weighted by molar-refractivity contribution is -0.149. The van der Waals surface area contributed by atoms with E-state index in [9.17, 15) is 14.4 Å². The maximum absolute atomic E-state index is 11.0. The predicted octanol–water partition coefficient (Wildman–Crippen LogP) is 0.907. The fourth-order valence-electron chi connectivity index (χ4n) is 1.87. The van der Waals surface area contributed by atoms with Gasteiger partial charge in [-0.15, -0.1) is 0 Å². The van der Waals surface area contributed by atoms with Crippen molar-refractivity contribution in [3.05, 3.63) is 0 Å². The predicted molar refractivity (Wildman–Crippen MR) is 64.6 cm³/mol. The molecular weight excluding hydrogens is 254 g/mol. The lowest BCUT2D eigenvalue weighted by atomic mass is 9.95. The van der Waals surface area contributed by atoms with E-state index in [0.29, 0.717) is 25.7 Å². The van der Waals surface area contributed by atoms with Crippen LogP contribution in [0.3, 0.4) is 0 Å². The molecule has 0 amide bonds. The number of carbonyl (C=O) groups excluding carboxylic acids is 2. The number of Topliss-reactive ketones (excluding diaryl/α,β-unsaturated/α-hetero) is 1. The van der Waals surface area contributed by atoms with Gasteiger partial charge >= 0.3 is 11.9 Å². The van der Waals surface area contributed by atoms with Crippen LogP contribution in [0.15, 0.2) is 5.16 Å². The van der Waals surface area contributed by atoms with E-state index in [1.807, 2.05) is 0 Å². The van der Waals surface area contributed by atoms with Crippen LogP contribution in [-0.4, -0.2) is 40.7 Å². The zero-order valence-electron chi connectivity index (χ0n) is 10.9. The number of ether oxygens (including phenoxy) is 1. The Bertz CT molecular complexity index is 379. The number of hydrogen-bond acceptors (Lipinski definition) is 6. The first-order valence-corrected chi connectivity index (χ1v) is 6.05. The zero-order valence-corrected chi connectivity index (χ0v) is 10.9. The van der Waals surface area contributed by atoms with Crippen molar-refractivity contribution in [2.45, 2.75) is 51.7 Å². The molecule has 1 saturated carbocycles. The molecule has 0 aliphatic heterocycles. The van der Waals surface area contributed by atoms with E-state index in [1.165, 1.54) is 6.92 Å². The van der Waals surface area contributed by atoms with Gasteiger partial charge in [0.15, 0.2) is 5.78 Å². The normalized spacial score (nSPS) is 23.6. The van der Waals surface area contributed by atoms with Gasteiger partial charge in [0.2, 0.25) is 5.71 Å². The second kappa shape index (κ2) is 6.86. The summed E-state index contributed by atoms with van der Waals surface area (Å²) in [6.45, 7) is 2.48. The molecule has 0 aromatic rings. The van der Waals surface area contributed by atoms with Crippen LogP contribution >= 0.6 is 0 Å². The summed E-state index contributed by atoms with van der Waals surface area (Å²) in [6.07, 6.45) is 2.12. The Kier molecular flexibility index (Phi) is 5.47. The average molecular weight is 271 g/mol. The highest BCUT2D eigenvalue weighted by Crippen LogP contribution is 2.23. The van der Waals surface area contributed by atoms with E-state index in [0.717, 1.165) is 6.92 Å². The molecule has 0 saturated heterocycles.